The zero-order valence-corrected chi connectivity index (χ0v) is 12.5. The Bertz CT molecular complexity index is 375. The molecule has 0 amide bonds. The average molecular weight is 282 g/mol. The third-order valence-electron chi connectivity index (χ3n) is 3.33. The van der Waals surface area contributed by atoms with Gasteiger partial charge in [0.15, 0.2) is 0 Å². The third-order valence-corrected chi connectivity index (χ3v) is 3.33. The number of aromatic nitrogens is 2. The molecule has 6 nitrogen and oxygen atoms in total. The van der Waals surface area contributed by atoms with Crippen LogP contribution < -0.4 is 10.6 Å². The van der Waals surface area contributed by atoms with E-state index in [-0.39, 0.29) is 0 Å². The maximum atomic E-state index is 5.76. The van der Waals surface area contributed by atoms with Crippen LogP contribution in [0.2, 0.25) is 0 Å². The summed E-state index contributed by atoms with van der Waals surface area (Å²) >= 11 is 0. The highest BCUT2D eigenvalue weighted by atomic mass is 16.5. The zero-order valence-electron chi connectivity index (χ0n) is 12.5. The number of anilines is 1. The standard InChI is InChI=1S/C14H26N4O2/c1-11(2)9-15-10-13-17-18-14(20-13)16-7-8-19-12-5-3-4-6-12/h11-12,15H,3-10H2,1-2H3,(H,16,18). The molecule has 0 saturated heterocycles. The Hall–Kier alpha value is -1.14. The Balaban J connectivity index is 1.57. The molecule has 0 spiro atoms. The molecule has 1 saturated carbocycles. The van der Waals surface area contributed by atoms with Gasteiger partial charge in [-0.1, -0.05) is 31.8 Å². The second kappa shape index (κ2) is 8.21. The SMILES string of the molecule is CC(C)CNCc1nnc(NCCOC2CCCC2)o1. The molecular formula is C14H26N4O2. The summed E-state index contributed by atoms with van der Waals surface area (Å²) in [6.07, 6.45) is 5.46. The minimum absolute atomic E-state index is 0.454. The Morgan fingerprint density at radius 1 is 1.30 bits per heavy atom. The number of hydrogen-bond donors (Lipinski definition) is 2. The van der Waals surface area contributed by atoms with Gasteiger partial charge in [0, 0.05) is 6.54 Å². The Morgan fingerprint density at radius 3 is 2.85 bits per heavy atom. The molecule has 6 heteroatoms. The number of ether oxygens (including phenoxy) is 1. The molecule has 0 unspecified atom stereocenters. The van der Waals surface area contributed by atoms with Crippen LogP contribution in [-0.4, -0.2) is 36.0 Å². The van der Waals surface area contributed by atoms with Crippen LogP contribution in [-0.2, 0) is 11.3 Å². The molecule has 2 rings (SSSR count). The topological polar surface area (TPSA) is 72.2 Å². The number of nitrogens with zero attached hydrogens (tertiary/aromatic N) is 2. The van der Waals surface area contributed by atoms with E-state index in [9.17, 15) is 0 Å². The monoisotopic (exact) mass is 282 g/mol. The molecule has 20 heavy (non-hydrogen) atoms. The largest absolute Gasteiger partial charge is 0.407 e. The first-order valence-corrected chi connectivity index (χ1v) is 7.62. The third kappa shape index (κ3) is 5.46. The van der Waals surface area contributed by atoms with Crippen LogP contribution in [0.5, 0.6) is 0 Å². The summed E-state index contributed by atoms with van der Waals surface area (Å²) in [6.45, 7) is 7.29. The lowest BCUT2D eigenvalue weighted by atomic mass is 10.2. The van der Waals surface area contributed by atoms with Crippen LogP contribution in [0.3, 0.4) is 0 Å². The van der Waals surface area contributed by atoms with E-state index in [0.29, 0.717) is 43.6 Å². The highest BCUT2D eigenvalue weighted by Gasteiger charge is 2.14. The maximum Gasteiger partial charge on any atom is 0.315 e. The molecule has 0 atom stereocenters. The first kappa shape index (κ1) is 15.3. The molecule has 0 bridgehead atoms. The normalized spacial score (nSPS) is 16.1. The van der Waals surface area contributed by atoms with Crippen molar-refractivity contribution < 1.29 is 9.15 Å². The van der Waals surface area contributed by atoms with Gasteiger partial charge in [0.25, 0.3) is 0 Å². The van der Waals surface area contributed by atoms with Crippen molar-refractivity contribution in [3.8, 4) is 0 Å². The molecular weight excluding hydrogens is 256 g/mol. The van der Waals surface area contributed by atoms with Crippen LogP contribution in [0, 0.1) is 5.92 Å². The smallest absolute Gasteiger partial charge is 0.315 e. The first-order valence-electron chi connectivity index (χ1n) is 7.62. The second-order valence-corrected chi connectivity index (χ2v) is 5.73. The lowest BCUT2D eigenvalue weighted by molar-refractivity contribution is 0.0656. The summed E-state index contributed by atoms with van der Waals surface area (Å²) in [7, 11) is 0. The summed E-state index contributed by atoms with van der Waals surface area (Å²) in [6, 6.07) is 0.473. The van der Waals surface area contributed by atoms with Crippen molar-refractivity contribution in [3.63, 3.8) is 0 Å². The van der Waals surface area contributed by atoms with Gasteiger partial charge in [0.1, 0.15) is 0 Å². The average Bonchev–Trinajstić information content (AvgIpc) is 3.05. The van der Waals surface area contributed by atoms with Gasteiger partial charge >= 0.3 is 6.01 Å². The van der Waals surface area contributed by atoms with Gasteiger partial charge in [0.05, 0.1) is 19.3 Å². The van der Waals surface area contributed by atoms with Gasteiger partial charge < -0.3 is 19.8 Å². The number of rotatable bonds is 9. The predicted octanol–water partition coefficient (Wildman–Crippen LogP) is 2.19. The minimum Gasteiger partial charge on any atom is -0.407 e. The van der Waals surface area contributed by atoms with E-state index < -0.39 is 0 Å². The molecule has 0 radical (unpaired) electrons. The molecule has 0 aromatic carbocycles. The van der Waals surface area contributed by atoms with Crippen molar-refractivity contribution in [1.82, 2.24) is 15.5 Å². The van der Waals surface area contributed by atoms with E-state index in [4.69, 9.17) is 9.15 Å². The molecule has 1 aliphatic rings. The van der Waals surface area contributed by atoms with Crippen molar-refractivity contribution in [3.05, 3.63) is 5.89 Å². The molecule has 1 fully saturated rings. The van der Waals surface area contributed by atoms with Gasteiger partial charge in [-0.3, -0.25) is 0 Å². The van der Waals surface area contributed by atoms with E-state index in [0.717, 1.165) is 6.54 Å². The first-order chi connectivity index (χ1) is 9.74. The van der Waals surface area contributed by atoms with E-state index in [1.54, 1.807) is 0 Å². The van der Waals surface area contributed by atoms with Gasteiger partial charge in [-0.15, -0.1) is 5.10 Å². The molecule has 114 valence electrons. The van der Waals surface area contributed by atoms with Crippen molar-refractivity contribution in [2.24, 2.45) is 5.92 Å². The van der Waals surface area contributed by atoms with Crippen molar-refractivity contribution in [2.45, 2.75) is 52.2 Å². The van der Waals surface area contributed by atoms with Crippen LogP contribution >= 0.6 is 0 Å². The van der Waals surface area contributed by atoms with Crippen molar-refractivity contribution >= 4 is 6.01 Å². The van der Waals surface area contributed by atoms with Gasteiger partial charge in [-0.25, -0.2) is 0 Å². The number of nitrogens with one attached hydrogen (secondary N) is 2. The molecule has 1 aromatic heterocycles. The predicted molar refractivity (Wildman–Crippen MR) is 77.5 cm³/mol. The maximum absolute atomic E-state index is 5.76. The van der Waals surface area contributed by atoms with Crippen LogP contribution in [0.4, 0.5) is 6.01 Å². The highest BCUT2D eigenvalue weighted by Crippen LogP contribution is 2.20. The van der Waals surface area contributed by atoms with Gasteiger partial charge in [0.2, 0.25) is 5.89 Å². The molecule has 1 heterocycles. The Kier molecular flexibility index (Phi) is 6.26. The van der Waals surface area contributed by atoms with E-state index in [1.165, 1.54) is 25.7 Å². The van der Waals surface area contributed by atoms with E-state index in [1.807, 2.05) is 0 Å². The fourth-order valence-electron chi connectivity index (χ4n) is 2.30. The summed E-state index contributed by atoms with van der Waals surface area (Å²) < 4.78 is 11.2. The summed E-state index contributed by atoms with van der Waals surface area (Å²) in [5.41, 5.74) is 0. The minimum atomic E-state index is 0.454. The lowest BCUT2D eigenvalue weighted by Gasteiger charge is -2.10. The van der Waals surface area contributed by atoms with Crippen LogP contribution in [0.15, 0.2) is 4.42 Å². The van der Waals surface area contributed by atoms with Gasteiger partial charge in [-0.2, -0.15) is 0 Å². The zero-order chi connectivity index (χ0) is 14.2. The fraction of sp³-hybridized carbons (Fsp3) is 0.857. The van der Waals surface area contributed by atoms with Crippen LogP contribution in [0.25, 0.3) is 0 Å². The summed E-state index contributed by atoms with van der Waals surface area (Å²) in [5, 5.41) is 14.3. The summed E-state index contributed by atoms with van der Waals surface area (Å²) in [5.74, 6) is 1.23. The Morgan fingerprint density at radius 2 is 2.10 bits per heavy atom. The Labute approximate surface area is 120 Å². The van der Waals surface area contributed by atoms with E-state index in [2.05, 4.69) is 34.7 Å². The molecule has 1 aliphatic carbocycles. The van der Waals surface area contributed by atoms with E-state index >= 15 is 0 Å². The highest BCUT2D eigenvalue weighted by molar-refractivity contribution is 5.16. The molecule has 2 N–H and O–H groups in total. The van der Waals surface area contributed by atoms with Crippen molar-refractivity contribution in [2.75, 3.05) is 25.0 Å². The van der Waals surface area contributed by atoms with Gasteiger partial charge in [-0.05, 0) is 25.3 Å². The fourth-order valence-corrected chi connectivity index (χ4v) is 2.30. The van der Waals surface area contributed by atoms with Crippen LogP contribution in [0.1, 0.15) is 45.4 Å². The molecule has 1 aromatic rings. The second-order valence-electron chi connectivity index (χ2n) is 5.73. The number of hydrogen-bond acceptors (Lipinski definition) is 6. The lowest BCUT2D eigenvalue weighted by Crippen LogP contribution is -2.19. The molecule has 0 aliphatic heterocycles. The summed E-state index contributed by atoms with van der Waals surface area (Å²) in [4.78, 5) is 0. The van der Waals surface area contributed by atoms with Crippen molar-refractivity contribution in [1.29, 1.82) is 0 Å². The quantitative estimate of drug-likeness (QED) is 0.676.